The number of thioether (sulfide) groups is 2. The lowest BCUT2D eigenvalue weighted by Gasteiger charge is -2.23. The molecule has 1 aliphatic heterocycles. The van der Waals surface area contributed by atoms with E-state index in [2.05, 4.69) is 4.98 Å². The van der Waals surface area contributed by atoms with Gasteiger partial charge in [-0.15, -0.1) is 11.8 Å². The number of fused-ring (bicyclic) bond motifs is 1. The summed E-state index contributed by atoms with van der Waals surface area (Å²) >= 11 is 1.38. The molecule has 154 valence electrons. The van der Waals surface area contributed by atoms with Crippen LogP contribution in [0.3, 0.4) is 0 Å². The number of nitrogens with zero attached hydrogens (tertiary/aromatic N) is 3. The minimum absolute atomic E-state index is 0.102. The zero-order valence-corrected chi connectivity index (χ0v) is 17.3. The van der Waals surface area contributed by atoms with Gasteiger partial charge in [-0.25, -0.2) is 9.97 Å². The predicted molar refractivity (Wildman–Crippen MR) is 107 cm³/mol. The van der Waals surface area contributed by atoms with Crippen molar-refractivity contribution in [3.63, 3.8) is 0 Å². The zero-order valence-electron chi connectivity index (χ0n) is 15.7. The van der Waals surface area contributed by atoms with Crippen molar-refractivity contribution in [2.75, 3.05) is 19.5 Å². The van der Waals surface area contributed by atoms with Crippen molar-refractivity contribution in [2.24, 2.45) is 7.05 Å². The van der Waals surface area contributed by atoms with Crippen LogP contribution in [0.5, 0.6) is 0 Å². The average molecular weight is 442 g/mol. The minimum Gasteiger partial charge on any atom is -0.347 e. The Morgan fingerprint density at radius 1 is 1.10 bits per heavy atom. The van der Waals surface area contributed by atoms with Crippen LogP contribution >= 0.6 is 23.5 Å². The van der Waals surface area contributed by atoms with Gasteiger partial charge < -0.3 is 14.0 Å². The van der Waals surface area contributed by atoms with Gasteiger partial charge in [0.25, 0.3) is 0 Å². The SMILES string of the molecule is CSc1ccc(C2OCCCO2)nc1-c1nc2cc(SC(F)(F)F)ccc2n1C. The lowest BCUT2D eigenvalue weighted by atomic mass is 10.2. The summed E-state index contributed by atoms with van der Waals surface area (Å²) in [6, 6.07) is 8.36. The van der Waals surface area contributed by atoms with E-state index in [-0.39, 0.29) is 16.7 Å². The molecule has 1 aliphatic rings. The molecular formula is C19H18F3N3O2S2. The molecular weight excluding hydrogens is 423 g/mol. The van der Waals surface area contributed by atoms with Gasteiger partial charge in [0.2, 0.25) is 6.29 Å². The summed E-state index contributed by atoms with van der Waals surface area (Å²) in [5.74, 6) is 0.580. The zero-order chi connectivity index (χ0) is 20.6. The third-order valence-electron chi connectivity index (χ3n) is 4.47. The van der Waals surface area contributed by atoms with Gasteiger partial charge in [-0.3, -0.25) is 0 Å². The van der Waals surface area contributed by atoms with Crippen molar-refractivity contribution in [1.82, 2.24) is 14.5 Å². The highest BCUT2D eigenvalue weighted by molar-refractivity contribution is 8.00. The summed E-state index contributed by atoms with van der Waals surface area (Å²) in [4.78, 5) is 10.3. The molecule has 0 saturated carbocycles. The van der Waals surface area contributed by atoms with E-state index in [0.717, 1.165) is 16.8 Å². The first-order valence-corrected chi connectivity index (χ1v) is 10.9. The standard InChI is InChI=1S/C19H18F3N3O2S2/c1-25-14-6-4-11(29-19(20,21)22)10-13(14)24-17(25)16-15(28-2)7-5-12(23-16)18-26-8-3-9-27-18/h4-7,10,18H,3,8-9H2,1-2H3. The van der Waals surface area contributed by atoms with Gasteiger partial charge in [0, 0.05) is 16.8 Å². The number of ether oxygens (including phenoxy) is 2. The Bertz CT molecular complexity index is 1030. The minimum atomic E-state index is -4.34. The maximum absolute atomic E-state index is 12.7. The van der Waals surface area contributed by atoms with Crippen LogP contribution in [0, 0.1) is 0 Å². The number of alkyl halides is 3. The Hall–Kier alpha value is -1.75. The summed E-state index contributed by atoms with van der Waals surface area (Å²) in [5, 5.41) is 0. The third kappa shape index (κ3) is 4.40. The number of pyridine rings is 1. The monoisotopic (exact) mass is 441 g/mol. The first kappa shape index (κ1) is 20.5. The molecule has 0 aliphatic carbocycles. The number of benzene rings is 1. The van der Waals surface area contributed by atoms with E-state index >= 15 is 0 Å². The normalized spacial score (nSPS) is 15.9. The molecule has 0 bridgehead atoms. The average Bonchev–Trinajstić information content (AvgIpc) is 3.02. The molecule has 1 aromatic carbocycles. The molecule has 0 amide bonds. The van der Waals surface area contributed by atoms with Crippen LogP contribution in [0.25, 0.3) is 22.6 Å². The molecule has 29 heavy (non-hydrogen) atoms. The Labute approximate surface area is 174 Å². The van der Waals surface area contributed by atoms with Gasteiger partial charge in [-0.2, -0.15) is 13.2 Å². The highest BCUT2D eigenvalue weighted by atomic mass is 32.2. The van der Waals surface area contributed by atoms with E-state index in [9.17, 15) is 13.2 Å². The van der Waals surface area contributed by atoms with Gasteiger partial charge in [-0.1, -0.05) is 0 Å². The van der Waals surface area contributed by atoms with Crippen molar-refractivity contribution in [3.05, 3.63) is 36.0 Å². The number of aromatic nitrogens is 3. The Morgan fingerprint density at radius 3 is 2.55 bits per heavy atom. The van der Waals surface area contributed by atoms with E-state index in [0.29, 0.717) is 35.9 Å². The maximum Gasteiger partial charge on any atom is 0.446 e. The van der Waals surface area contributed by atoms with Crippen LogP contribution in [0.2, 0.25) is 0 Å². The topological polar surface area (TPSA) is 49.2 Å². The smallest absolute Gasteiger partial charge is 0.347 e. The van der Waals surface area contributed by atoms with Gasteiger partial charge in [-0.05, 0) is 54.8 Å². The van der Waals surface area contributed by atoms with Crippen molar-refractivity contribution in [3.8, 4) is 11.5 Å². The van der Waals surface area contributed by atoms with Crippen LogP contribution in [-0.2, 0) is 16.5 Å². The van der Waals surface area contributed by atoms with E-state index in [1.807, 2.05) is 30.0 Å². The third-order valence-corrected chi connectivity index (χ3v) is 5.96. The van der Waals surface area contributed by atoms with Crippen molar-refractivity contribution < 1.29 is 22.6 Å². The molecule has 0 unspecified atom stereocenters. The molecule has 0 radical (unpaired) electrons. The second-order valence-corrected chi connectivity index (χ2v) is 8.39. The van der Waals surface area contributed by atoms with Crippen LogP contribution in [0.1, 0.15) is 18.4 Å². The second-order valence-electron chi connectivity index (χ2n) is 6.41. The highest BCUT2D eigenvalue weighted by Gasteiger charge is 2.29. The number of imidazole rings is 1. The van der Waals surface area contributed by atoms with Crippen molar-refractivity contribution in [2.45, 2.75) is 28.0 Å². The van der Waals surface area contributed by atoms with Crippen LogP contribution in [0.4, 0.5) is 13.2 Å². The predicted octanol–water partition coefficient (Wildman–Crippen LogP) is 5.40. The Morgan fingerprint density at radius 2 is 1.86 bits per heavy atom. The van der Waals surface area contributed by atoms with E-state index in [4.69, 9.17) is 14.5 Å². The molecule has 2 aromatic heterocycles. The molecule has 3 aromatic rings. The van der Waals surface area contributed by atoms with Gasteiger partial charge in [0.1, 0.15) is 5.69 Å². The van der Waals surface area contributed by atoms with Gasteiger partial charge in [0.15, 0.2) is 5.82 Å². The lowest BCUT2D eigenvalue weighted by molar-refractivity contribution is -0.185. The molecule has 10 heteroatoms. The maximum atomic E-state index is 12.7. The van der Waals surface area contributed by atoms with Crippen molar-refractivity contribution in [1.29, 1.82) is 0 Å². The Balaban J connectivity index is 1.77. The molecule has 0 spiro atoms. The number of hydrogen-bond donors (Lipinski definition) is 0. The summed E-state index contributed by atoms with van der Waals surface area (Å²) in [7, 11) is 1.83. The summed E-state index contributed by atoms with van der Waals surface area (Å²) in [5.41, 5.74) is -1.82. The molecule has 1 saturated heterocycles. The number of hydrogen-bond acceptors (Lipinski definition) is 6. The van der Waals surface area contributed by atoms with Crippen LogP contribution in [0.15, 0.2) is 40.1 Å². The van der Waals surface area contributed by atoms with E-state index in [1.165, 1.54) is 23.9 Å². The largest absolute Gasteiger partial charge is 0.446 e. The van der Waals surface area contributed by atoms with Crippen LogP contribution < -0.4 is 0 Å². The first-order valence-electron chi connectivity index (χ1n) is 8.86. The number of halogens is 3. The Kier molecular flexibility index (Phi) is 5.78. The fourth-order valence-electron chi connectivity index (χ4n) is 3.16. The lowest BCUT2D eigenvalue weighted by Crippen LogP contribution is -2.19. The summed E-state index contributed by atoms with van der Waals surface area (Å²) in [6.45, 7) is 1.22. The fourth-order valence-corrected chi connectivity index (χ4v) is 4.27. The van der Waals surface area contributed by atoms with Gasteiger partial charge in [0.05, 0.1) is 29.9 Å². The van der Waals surface area contributed by atoms with Crippen molar-refractivity contribution >= 4 is 34.6 Å². The molecule has 0 N–H and O–H groups in total. The summed E-state index contributed by atoms with van der Waals surface area (Å²) in [6.07, 6.45) is 2.26. The van der Waals surface area contributed by atoms with Gasteiger partial charge >= 0.3 is 5.51 Å². The molecule has 5 nitrogen and oxygen atoms in total. The second kappa shape index (κ2) is 8.17. The van der Waals surface area contributed by atoms with E-state index in [1.54, 1.807) is 6.07 Å². The fraction of sp³-hybridized carbons (Fsp3) is 0.368. The summed E-state index contributed by atoms with van der Waals surface area (Å²) < 4.78 is 51.3. The highest BCUT2D eigenvalue weighted by Crippen LogP contribution is 2.39. The molecule has 0 atom stereocenters. The first-order chi connectivity index (χ1) is 13.9. The number of rotatable bonds is 4. The van der Waals surface area contributed by atoms with Crippen LogP contribution in [-0.4, -0.2) is 39.5 Å². The van der Waals surface area contributed by atoms with E-state index < -0.39 is 11.8 Å². The molecule has 3 heterocycles. The molecule has 1 fully saturated rings. The number of aryl methyl sites for hydroxylation is 1. The quantitative estimate of drug-likeness (QED) is 0.505. The molecule has 4 rings (SSSR count).